The van der Waals surface area contributed by atoms with Gasteiger partial charge in [-0.2, -0.15) is 0 Å². The Morgan fingerprint density at radius 2 is 1.76 bits per heavy atom. The first-order valence-corrected chi connectivity index (χ1v) is 9.65. The Labute approximate surface area is 152 Å². The highest BCUT2D eigenvalue weighted by Crippen LogP contribution is 2.25. The molecule has 0 aliphatic heterocycles. The molecule has 0 heterocycles. The number of rotatable bonds is 6. The molecule has 25 heavy (non-hydrogen) atoms. The number of carbonyl (C=O) groups is 1. The van der Waals surface area contributed by atoms with Crippen molar-refractivity contribution in [1.82, 2.24) is 0 Å². The minimum absolute atomic E-state index is 0.366. The van der Waals surface area contributed by atoms with Crippen molar-refractivity contribution in [3.8, 4) is 5.75 Å². The average Bonchev–Trinajstić information content (AvgIpc) is 2.56. The largest absolute Gasteiger partial charge is 0.497 e. The van der Waals surface area contributed by atoms with Crippen LogP contribution in [-0.2, 0) is 14.8 Å². The van der Waals surface area contributed by atoms with Gasteiger partial charge in [0.2, 0.25) is 15.9 Å². The number of hydrogen-bond donors (Lipinski definition) is 1. The van der Waals surface area contributed by atoms with E-state index >= 15 is 0 Å². The Kier molecular flexibility index (Phi) is 5.92. The third-order valence-electron chi connectivity index (χ3n) is 3.55. The number of nitrogens with one attached hydrogen (secondary N) is 1. The number of para-hydroxylation sites is 1. The van der Waals surface area contributed by atoms with Crippen LogP contribution in [-0.4, -0.2) is 33.7 Å². The minimum atomic E-state index is -3.69. The molecular formula is C17H19ClN2O4S. The third kappa shape index (κ3) is 4.64. The number of hydrogen-bond acceptors (Lipinski definition) is 4. The lowest BCUT2D eigenvalue weighted by Gasteiger charge is -2.28. The molecule has 6 nitrogen and oxygen atoms in total. The van der Waals surface area contributed by atoms with Crippen molar-refractivity contribution in [2.45, 2.75) is 13.0 Å². The van der Waals surface area contributed by atoms with Gasteiger partial charge < -0.3 is 10.1 Å². The van der Waals surface area contributed by atoms with E-state index in [0.29, 0.717) is 22.1 Å². The molecule has 0 radical (unpaired) electrons. The zero-order valence-corrected chi connectivity index (χ0v) is 15.6. The van der Waals surface area contributed by atoms with E-state index in [1.54, 1.807) is 48.5 Å². The molecule has 0 bridgehead atoms. The first-order valence-electron chi connectivity index (χ1n) is 7.43. The quantitative estimate of drug-likeness (QED) is 0.832. The smallest absolute Gasteiger partial charge is 0.248 e. The number of sulfonamides is 1. The molecule has 0 saturated carbocycles. The van der Waals surface area contributed by atoms with Crippen molar-refractivity contribution >= 4 is 38.9 Å². The van der Waals surface area contributed by atoms with Gasteiger partial charge in [-0.1, -0.05) is 23.7 Å². The predicted octanol–water partition coefficient (Wildman–Crippen LogP) is 3.14. The maximum absolute atomic E-state index is 12.5. The molecule has 2 rings (SSSR count). The van der Waals surface area contributed by atoms with Crippen molar-refractivity contribution in [2.24, 2.45) is 0 Å². The molecule has 2 aromatic carbocycles. The lowest BCUT2D eigenvalue weighted by molar-refractivity contribution is -0.116. The second-order valence-corrected chi connectivity index (χ2v) is 7.67. The fourth-order valence-corrected chi connectivity index (χ4v) is 3.70. The second kappa shape index (κ2) is 7.76. The summed E-state index contributed by atoms with van der Waals surface area (Å²) in [6.45, 7) is 1.51. The van der Waals surface area contributed by atoms with Gasteiger partial charge in [0.25, 0.3) is 0 Å². The molecule has 0 fully saturated rings. The van der Waals surface area contributed by atoms with Crippen LogP contribution in [0.2, 0.25) is 5.02 Å². The first kappa shape index (κ1) is 19.1. The zero-order chi connectivity index (χ0) is 18.6. The number of benzene rings is 2. The van der Waals surface area contributed by atoms with E-state index in [1.165, 1.54) is 14.0 Å². The van der Waals surface area contributed by atoms with Crippen LogP contribution in [0.3, 0.4) is 0 Å². The van der Waals surface area contributed by atoms with Crippen LogP contribution in [0.15, 0.2) is 48.5 Å². The van der Waals surface area contributed by atoms with Crippen LogP contribution >= 0.6 is 11.6 Å². The van der Waals surface area contributed by atoms with Crippen LogP contribution in [0.1, 0.15) is 6.92 Å². The predicted molar refractivity (Wildman–Crippen MR) is 99.9 cm³/mol. The number of amides is 1. The monoisotopic (exact) mass is 382 g/mol. The third-order valence-corrected chi connectivity index (χ3v) is 5.12. The van der Waals surface area contributed by atoms with E-state index in [-0.39, 0.29) is 0 Å². The molecule has 0 saturated heterocycles. The number of ether oxygens (including phenoxy) is 1. The summed E-state index contributed by atoms with van der Waals surface area (Å²) in [6, 6.07) is 12.2. The molecule has 1 atom stereocenters. The molecule has 0 unspecified atom stereocenters. The standard InChI is InChI=1S/C17H19ClN2O4S/c1-12(17(21)19-16-7-5-4-6-15(16)18)20(25(3,22)23)13-8-10-14(24-2)11-9-13/h4-12H,1-3H3,(H,19,21)/t12-/m1/s1. The fourth-order valence-electron chi connectivity index (χ4n) is 2.34. The van der Waals surface area contributed by atoms with Crippen LogP contribution in [0.5, 0.6) is 5.75 Å². The second-order valence-electron chi connectivity index (χ2n) is 5.40. The van der Waals surface area contributed by atoms with Gasteiger partial charge in [-0.05, 0) is 43.3 Å². The van der Waals surface area contributed by atoms with Gasteiger partial charge in [-0.25, -0.2) is 8.42 Å². The molecular weight excluding hydrogens is 364 g/mol. The number of anilines is 2. The summed E-state index contributed by atoms with van der Waals surface area (Å²) in [5, 5.41) is 3.03. The number of halogens is 1. The summed E-state index contributed by atoms with van der Waals surface area (Å²) in [6.07, 6.45) is 1.05. The van der Waals surface area contributed by atoms with Crippen molar-refractivity contribution in [3.05, 3.63) is 53.6 Å². The van der Waals surface area contributed by atoms with E-state index in [2.05, 4.69) is 5.32 Å². The van der Waals surface area contributed by atoms with Crippen LogP contribution in [0.25, 0.3) is 0 Å². The molecule has 0 aliphatic rings. The molecule has 0 aromatic heterocycles. The topological polar surface area (TPSA) is 75.7 Å². The maximum Gasteiger partial charge on any atom is 0.248 e. The van der Waals surface area contributed by atoms with Gasteiger partial charge >= 0.3 is 0 Å². The SMILES string of the molecule is COc1ccc(N([C@H](C)C(=O)Nc2ccccc2Cl)S(C)(=O)=O)cc1. The summed E-state index contributed by atoms with van der Waals surface area (Å²) < 4.78 is 30.6. The minimum Gasteiger partial charge on any atom is -0.497 e. The van der Waals surface area contributed by atoms with E-state index in [4.69, 9.17) is 16.3 Å². The number of methoxy groups -OCH3 is 1. The van der Waals surface area contributed by atoms with Gasteiger partial charge in [0.1, 0.15) is 11.8 Å². The van der Waals surface area contributed by atoms with Gasteiger partial charge in [-0.3, -0.25) is 9.10 Å². The lowest BCUT2D eigenvalue weighted by Crippen LogP contribution is -2.45. The van der Waals surface area contributed by atoms with E-state index in [1.807, 2.05) is 0 Å². The Morgan fingerprint density at radius 3 is 2.28 bits per heavy atom. The highest BCUT2D eigenvalue weighted by molar-refractivity contribution is 7.92. The van der Waals surface area contributed by atoms with Gasteiger partial charge in [0.05, 0.1) is 29.8 Å². The molecule has 2 aromatic rings. The summed E-state index contributed by atoms with van der Waals surface area (Å²) in [7, 11) is -2.17. The van der Waals surface area contributed by atoms with Crippen molar-refractivity contribution in [1.29, 1.82) is 0 Å². The van der Waals surface area contributed by atoms with E-state index in [9.17, 15) is 13.2 Å². The Hall–Kier alpha value is -2.25. The molecule has 1 amide bonds. The Balaban J connectivity index is 2.31. The summed E-state index contributed by atoms with van der Waals surface area (Å²) in [5.41, 5.74) is 0.786. The first-order chi connectivity index (χ1) is 11.7. The Bertz CT molecular complexity index is 853. The Morgan fingerprint density at radius 1 is 1.16 bits per heavy atom. The fraction of sp³-hybridized carbons (Fsp3) is 0.235. The van der Waals surface area contributed by atoms with Crippen LogP contribution in [0, 0.1) is 0 Å². The summed E-state index contributed by atoms with van der Waals surface area (Å²) in [5.74, 6) is 0.0970. The van der Waals surface area contributed by atoms with E-state index < -0.39 is 22.0 Å². The van der Waals surface area contributed by atoms with Crippen molar-refractivity contribution < 1.29 is 17.9 Å². The molecule has 134 valence electrons. The highest BCUT2D eigenvalue weighted by atomic mass is 35.5. The average molecular weight is 383 g/mol. The zero-order valence-electron chi connectivity index (χ0n) is 14.1. The summed E-state index contributed by atoms with van der Waals surface area (Å²) >= 11 is 6.03. The molecule has 8 heteroatoms. The van der Waals surface area contributed by atoms with Crippen molar-refractivity contribution in [2.75, 3.05) is 23.0 Å². The maximum atomic E-state index is 12.5. The molecule has 0 aliphatic carbocycles. The van der Waals surface area contributed by atoms with Gasteiger partial charge in [0.15, 0.2) is 0 Å². The van der Waals surface area contributed by atoms with Gasteiger partial charge in [0, 0.05) is 0 Å². The highest BCUT2D eigenvalue weighted by Gasteiger charge is 2.29. The molecule has 1 N–H and O–H groups in total. The van der Waals surface area contributed by atoms with E-state index in [0.717, 1.165) is 10.6 Å². The summed E-state index contributed by atoms with van der Waals surface area (Å²) in [4.78, 5) is 12.5. The number of carbonyl (C=O) groups excluding carboxylic acids is 1. The van der Waals surface area contributed by atoms with Crippen LogP contribution in [0.4, 0.5) is 11.4 Å². The number of nitrogens with zero attached hydrogens (tertiary/aromatic N) is 1. The normalized spacial score (nSPS) is 12.3. The molecule has 0 spiro atoms. The lowest BCUT2D eigenvalue weighted by atomic mass is 10.2. The van der Waals surface area contributed by atoms with Crippen LogP contribution < -0.4 is 14.4 Å². The van der Waals surface area contributed by atoms with Crippen molar-refractivity contribution in [3.63, 3.8) is 0 Å². The van der Waals surface area contributed by atoms with Gasteiger partial charge in [-0.15, -0.1) is 0 Å².